The molecule has 6 nitrogen and oxygen atoms in total. The Morgan fingerprint density at radius 1 is 0.971 bits per heavy atom. The average molecular weight is 451 g/mol. The Labute approximate surface area is 198 Å². The van der Waals surface area contributed by atoms with Gasteiger partial charge in [-0.2, -0.15) is 5.26 Å². The second-order valence-corrected chi connectivity index (χ2v) is 8.94. The lowest BCUT2D eigenvalue weighted by Crippen LogP contribution is -2.45. The number of pyridine rings is 2. The molecule has 3 heterocycles. The Morgan fingerprint density at radius 2 is 1.62 bits per heavy atom. The van der Waals surface area contributed by atoms with Crippen LogP contribution in [0.4, 0.5) is 5.69 Å². The van der Waals surface area contributed by atoms with Crippen molar-refractivity contribution in [2.75, 3.05) is 18.0 Å². The van der Waals surface area contributed by atoms with E-state index in [-0.39, 0.29) is 17.8 Å². The van der Waals surface area contributed by atoms with Crippen molar-refractivity contribution in [2.24, 2.45) is 0 Å². The van der Waals surface area contributed by atoms with Crippen molar-refractivity contribution in [3.05, 3.63) is 88.5 Å². The zero-order chi connectivity index (χ0) is 23.8. The van der Waals surface area contributed by atoms with Gasteiger partial charge in [-0.25, -0.2) is 0 Å². The molecule has 0 aliphatic carbocycles. The lowest BCUT2D eigenvalue weighted by Gasteiger charge is -2.36. The van der Waals surface area contributed by atoms with Crippen LogP contribution in [0.3, 0.4) is 0 Å². The van der Waals surface area contributed by atoms with Gasteiger partial charge in [-0.3, -0.25) is 14.3 Å². The maximum Gasteiger partial charge on any atom is 0.281 e. The number of anilines is 1. The molecule has 1 aliphatic heterocycles. The molecule has 0 radical (unpaired) electrons. The van der Waals surface area contributed by atoms with E-state index < -0.39 is 0 Å². The number of nitriles is 1. The molecule has 1 aliphatic rings. The molecule has 34 heavy (non-hydrogen) atoms. The number of benzene rings is 2. The van der Waals surface area contributed by atoms with Gasteiger partial charge in [-0.15, -0.1) is 0 Å². The summed E-state index contributed by atoms with van der Waals surface area (Å²) in [6.07, 6.45) is 3.93. The number of hydrogen-bond donors (Lipinski definition) is 0. The smallest absolute Gasteiger partial charge is 0.281 e. The molecule has 1 saturated heterocycles. The number of ether oxygens (including phenoxy) is 1. The van der Waals surface area contributed by atoms with Crippen LogP contribution in [0.15, 0.2) is 71.8 Å². The molecule has 0 amide bonds. The van der Waals surface area contributed by atoms with Crippen LogP contribution in [0, 0.1) is 18.3 Å². The van der Waals surface area contributed by atoms with Crippen molar-refractivity contribution in [2.45, 2.75) is 33.0 Å². The van der Waals surface area contributed by atoms with Crippen LogP contribution in [0.25, 0.3) is 27.7 Å². The first-order chi connectivity index (χ1) is 16.4. The zero-order valence-electron chi connectivity index (χ0n) is 19.5. The molecule has 6 heteroatoms. The van der Waals surface area contributed by atoms with Gasteiger partial charge in [-0.1, -0.05) is 12.1 Å². The Bertz CT molecular complexity index is 1440. The molecule has 4 aromatic rings. The number of aryl methyl sites for hydroxylation is 1. The van der Waals surface area contributed by atoms with Crippen LogP contribution >= 0.6 is 0 Å². The fraction of sp³-hybridized carbons (Fsp3) is 0.250. The fourth-order valence-corrected chi connectivity index (χ4v) is 4.82. The van der Waals surface area contributed by atoms with Gasteiger partial charge in [-0.05, 0) is 79.9 Å². The van der Waals surface area contributed by atoms with Crippen molar-refractivity contribution in [3.63, 3.8) is 0 Å². The average Bonchev–Trinajstić information content (AvgIpc) is 2.85. The van der Waals surface area contributed by atoms with E-state index in [1.165, 1.54) is 0 Å². The van der Waals surface area contributed by atoms with Crippen molar-refractivity contribution in [1.29, 1.82) is 5.26 Å². The number of aromatic nitrogens is 2. The summed E-state index contributed by atoms with van der Waals surface area (Å²) in [5.41, 5.74) is 5.65. The molecule has 2 aromatic heterocycles. The molecule has 170 valence electrons. The van der Waals surface area contributed by atoms with Crippen LogP contribution < -0.4 is 10.5 Å². The van der Waals surface area contributed by atoms with Gasteiger partial charge in [0.15, 0.2) is 0 Å². The van der Waals surface area contributed by atoms with Crippen molar-refractivity contribution < 1.29 is 4.74 Å². The second-order valence-electron chi connectivity index (χ2n) is 8.94. The van der Waals surface area contributed by atoms with Gasteiger partial charge in [0.25, 0.3) is 5.56 Å². The molecule has 2 unspecified atom stereocenters. The molecule has 5 rings (SSSR count). The van der Waals surface area contributed by atoms with E-state index >= 15 is 0 Å². The normalized spacial score (nSPS) is 18.1. The number of morpholine rings is 1. The summed E-state index contributed by atoms with van der Waals surface area (Å²) in [4.78, 5) is 20.2. The first kappa shape index (κ1) is 21.9. The summed E-state index contributed by atoms with van der Waals surface area (Å²) in [6.45, 7) is 7.88. The third kappa shape index (κ3) is 3.95. The van der Waals surface area contributed by atoms with E-state index in [0.717, 1.165) is 46.5 Å². The van der Waals surface area contributed by atoms with Crippen LogP contribution in [0.5, 0.6) is 0 Å². The van der Waals surface area contributed by atoms with Crippen LogP contribution in [-0.2, 0) is 4.74 Å². The highest BCUT2D eigenvalue weighted by molar-refractivity contribution is 5.96. The zero-order valence-corrected chi connectivity index (χ0v) is 19.5. The predicted octanol–water partition coefficient (Wildman–Crippen LogP) is 4.85. The van der Waals surface area contributed by atoms with E-state index in [1.807, 2.05) is 43.5 Å². The summed E-state index contributed by atoms with van der Waals surface area (Å²) in [7, 11) is 0. The third-order valence-corrected chi connectivity index (χ3v) is 6.33. The van der Waals surface area contributed by atoms with Gasteiger partial charge in [0.1, 0.15) is 5.52 Å². The monoisotopic (exact) mass is 450 g/mol. The molecular weight excluding hydrogens is 424 g/mol. The molecular formula is C28H26N4O2. The molecule has 1 fully saturated rings. The lowest BCUT2D eigenvalue weighted by atomic mass is 9.98. The topological polar surface area (TPSA) is 71.2 Å². The van der Waals surface area contributed by atoms with Gasteiger partial charge >= 0.3 is 0 Å². The minimum Gasteiger partial charge on any atom is -0.372 e. The van der Waals surface area contributed by atoms with Gasteiger partial charge in [0, 0.05) is 42.2 Å². The van der Waals surface area contributed by atoms with Gasteiger partial charge in [0.05, 0.1) is 23.8 Å². The summed E-state index contributed by atoms with van der Waals surface area (Å²) in [5, 5.41) is 9.93. The number of hydrogen-bond acceptors (Lipinski definition) is 5. The summed E-state index contributed by atoms with van der Waals surface area (Å²) >= 11 is 0. The van der Waals surface area contributed by atoms with Gasteiger partial charge in [0.2, 0.25) is 0 Å². The van der Waals surface area contributed by atoms with Crippen LogP contribution in [0.1, 0.15) is 25.0 Å². The van der Waals surface area contributed by atoms with E-state index in [9.17, 15) is 4.79 Å². The standard InChI is InChI=1S/C28H26N4O2/c1-18-15-32(24-10-8-23(9-11-24)31-16-19(2)34-20(3)17-31)28(33)27-26(18)25(12-13-30-27)22-6-4-21(14-29)5-7-22/h4-13,15,19-20H,16-17H2,1-3H3. The highest BCUT2D eigenvalue weighted by Crippen LogP contribution is 2.29. The van der Waals surface area contributed by atoms with Crippen LogP contribution in [0.2, 0.25) is 0 Å². The number of rotatable bonds is 3. The highest BCUT2D eigenvalue weighted by atomic mass is 16.5. The van der Waals surface area contributed by atoms with Crippen molar-refractivity contribution in [3.8, 4) is 22.9 Å². The second kappa shape index (κ2) is 8.77. The minimum absolute atomic E-state index is 0.155. The molecule has 0 N–H and O–H groups in total. The Hall–Kier alpha value is -3.95. The van der Waals surface area contributed by atoms with E-state index in [2.05, 4.69) is 41.9 Å². The maximum absolute atomic E-state index is 13.5. The number of nitrogens with zero attached hydrogens (tertiary/aromatic N) is 4. The lowest BCUT2D eigenvalue weighted by molar-refractivity contribution is -0.00521. The summed E-state index contributed by atoms with van der Waals surface area (Å²) in [5.74, 6) is 0. The molecule has 0 bridgehead atoms. The molecule has 0 spiro atoms. The van der Waals surface area contributed by atoms with Gasteiger partial charge < -0.3 is 9.64 Å². The number of fused-ring (bicyclic) bond motifs is 1. The largest absolute Gasteiger partial charge is 0.372 e. The molecule has 2 aromatic carbocycles. The third-order valence-electron chi connectivity index (χ3n) is 6.33. The first-order valence-corrected chi connectivity index (χ1v) is 11.5. The Kier molecular flexibility index (Phi) is 5.64. The Balaban J connectivity index is 1.55. The summed E-state index contributed by atoms with van der Waals surface area (Å²) in [6, 6.07) is 19.5. The van der Waals surface area contributed by atoms with E-state index in [0.29, 0.717) is 11.1 Å². The molecule has 2 atom stereocenters. The Morgan fingerprint density at radius 3 is 2.26 bits per heavy atom. The first-order valence-electron chi connectivity index (χ1n) is 11.5. The quantitative estimate of drug-likeness (QED) is 0.446. The van der Waals surface area contributed by atoms with E-state index in [1.54, 1.807) is 22.9 Å². The molecule has 0 saturated carbocycles. The van der Waals surface area contributed by atoms with E-state index in [4.69, 9.17) is 10.00 Å². The van der Waals surface area contributed by atoms with Crippen molar-refractivity contribution >= 4 is 16.6 Å². The SMILES string of the molecule is Cc1cn(-c2ccc(N3CC(C)OC(C)C3)cc2)c(=O)c2nccc(-c3ccc(C#N)cc3)c12. The van der Waals surface area contributed by atoms with Crippen LogP contribution in [-0.4, -0.2) is 34.8 Å². The maximum atomic E-state index is 13.5. The summed E-state index contributed by atoms with van der Waals surface area (Å²) < 4.78 is 7.51. The highest BCUT2D eigenvalue weighted by Gasteiger charge is 2.22. The predicted molar refractivity (Wildman–Crippen MR) is 134 cm³/mol. The fourth-order valence-electron chi connectivity index (χ4n) is 4.82. The van der Waals surface area contributed by atoms with Crippen molar-refractivity contribution in [1.82, 2.24) is 9.55 Å². The minimum atomic E-state index is -0.155.